The molecule has 0 unspecified atom stereocenters. The van der Waals surface area contributed by atoms with E-state index in [2.05, 4.69) is 26.2 Å². The summed E-state index contributed by atoms with van der Waals surface area (Å²) in [5.74, 6) is 0. The molecule has 1 aromatic heterocycles. The molecule has 2 rings (SSSR count). The van der Waals surface area contributed by atoms with Crippen LogP contribution in [0.2, 0.25) is 0 Å². The van der Waals surface area contributed by atoms with Crippen LogP contribution in [0.3, 0.4) is 0 Å². The number of halogens is 1. The van der Waals surface area contributed by atoms with Crippen LogP contribution < -0.4 is 11.1 Å². The van der Waals surface area contributed by atoms with E-state index in [0.717, 1.165) is 26.5 Å². The smallest absolute Gasteiger partial charge is 0.187 e. The van der Waals surface area contributed by atoms with E-state index in [1.165, 1.54) is 0 Å². The predicted molar refractivity (Wildman–Crippen MR) is 80.2 cm³/mol. The summed E-state index contributed by atoms with van der Waals surface area (Å²) in [5.41, 5.74) is 8.36. The van der Waals surface area contributed by atoms with Gasteiger partial charge >= 0.3 is 0 Å². The average Bonchev–Trinajstić information content (AvgIpc) is 2.67. The molecular weight excluding hydrogens is 318 g/mol. The third kappa shape index (κ3) is 3.02. The van der Waals surface area contributed by atoms with E-state index in [-0.39, 0.29) is 0 Å². The summed E-state index contributed by atoms with van der Waals surface area (Å²) < 4.78 is 0.913. The maximum atomic E-state index is 5.57. The van der Waals surface area contributed by atoms with Crippen LogP contribution in [-0.4, -0.2) is 9.97 Å². The van der Waals surface area contributed by atoms with E-state index in [1.807, 2.05) is 30.5 Å². The highest BCUT2D eigenvalue weighted by Gasteiger charge is 2.05. The summed E-state index contributed by atoms with van der Waals surface area (Å²) in [6.07, 6.45) is 0. The number of nitrogens with one attached hydrogen (secondary N) is 1. The molecule has 0 saturated carbocycles. The maximum Gasteiger partial charge on any atom is 0.187 e. The number of benzene rings is 1. The zero-order valence-electron chi connectivity index (χ0n) is 9.03. The van der Waals surface area contributed by atoms with Gasteiger partial charge in [0, 0.05) is 15.4 Å². The first-order chi connectivity index (χ1) is 8.06. The highest BCUT2D eigenvalue weighted by atomic mass is 79.9. The van der Waals surface area contributed by atoms with Gasteiger partial charge in [0.25, 0.3) is 0 Å². The first-order valence-corrected chi connectivity index (χ1v) is 6.93. The van der Waals surface area contributed by atoms with Gasteiger partial charge < -0.3 is 11.1 Å². The Bertz CT molecular complexity index is 566. The van der Waals surface area contributed by atoms with Gasteiger partial charge in [0.1, 0.15) is 4.99 Å². The van der Waals surface area contributed by atoms with Crippen molar-refractivity contribution in [1.29, 1.82) is 0 Å². The Morgan fingerprint density at radius 1 is 1.53 bits per heavy atom. The molecule has 88 valence electrons. The quantitative estimate of drug-likeness (QED) is 0.846. The van der Waals surface area contributed by atoms with Gasteiger partial charge in [-0.3, -0.25) is 0 Å². The number of rotatable bonds is 3. The lowest BCUT2D eigenvalue weighted by Crippen LogP contribution is -2.09. The maximum absolute atomic E-state index is 5.57. The van der Waals surface area contributed by atoms with E-state index < -0.39 is 0 Å². The summed E-state index contributed by atoms with van der Waals surface area (Å²) in [7, 11) is 0. The van der Waals surface area contributed by atoms with E-state index in [4.69, 9.17) is 18.0 Å². The SMILES string of the molecule is Cc1csc(Nc2ccc(C(N)=S)cc2Br)n1. The van der Waals surface area contributed by atoms with Crippen LogP contribution in [0, 0.1) is 6.92 Å². The average molecular weight is 328 g/mol. The number of anilines is 2. The van der Waals surface area contributed by atoms with Crippen molar-refractivity contribution in [2.75, 3.05) is 5.32 Å². The van der Waals surface area contributed by atoms with Crippen molar-refractivity contribution in [3.05, 3.63) is 39.3 Å². The van der Waals surface area contributed by atoms with Crippen molar-refractivity contribution < 1.29 is 0 Å². The van der Waals surface area contributed by atoms with Crippen LogP contribution >= 0.6 is 39.5 Å². The number of hydrogen-bond acceptors (Lipinski definition) is 4. The van der Waals surface area contributed by atoms with E-state index >= 15 is 0 Å². The van der Waals surface area contributed by atoms with Gasteiger partial charge in [-0.2, -0.15) is 0 Å². The van der Waals surface area contributed by atoms with Crippen molar-refractivity contribution in [1.82, 2.24) is 4.98 Å². The van der Waals surface area contributed by atoms with E-state index in [0.29, 0.717) is 4.99 Å². The van der Waals surface area contributed by atoms with E-state index in [1.54, 1.807) is 11.3 Å². The molecular formula is C11H10BrN3S2. The first-order valence-electron chi connectivity index (χ1n) is 4.85. The molecule has 0 saturated heterocycles. The van der Waals surface area contributed by atoms with Gasteiger partial charge in [0.15, 0.2) is 5.13 Å². The third-order valence-corrected chi connectivity index (χ3v) is 3.88. The van der Waals surface area contributed by atoms with E-state index in [9.17, 15) is 0 Å². The van der Waals surface area contributed by atoms with Crippen LogP contribution in [0.4, 0.5) is 10.8 Å². The van der Waals surface area contributed by atoms with Gasteiger partial charge in [-0.05, 0) is 41.1 Å². The summed E-state index contributed by atoms with van der Waals surface area (Å²) in [5, 5.41) is 6.10. The molecule has 6 heteroatoms. The standard InChI is InChI=1S/C11H10BrN3S2/c1-6-5-17-11(14-6)15-9-3-2-7(10(13)16)4-8(9)12/h2-5H,1H3,(H2,13,16)(H,14,15). The van der Waals surface area contributed by atoms with Crippen LogP contribution in [0.25, 0.3) is 0 Å². The molecule has 2 aromatic rings. The van der Waals surface area contributed by atoms with Crippen molar-refractivity contribution in [3.8, 4) is 0 Å². The van der Waals surface area contributed by atoms with Crippen molar-refractivity contribution in [2.24, 2.45) is 5.73 Å². The fraction of sp³-hybridized carbons (Fsp3) is 0.0909. The molecule has 0 bridgehead atoms. The fourth-order valence-electron chi connectivity index (χ4n) is 1.30. The summed E-state index contributed by atoms with van der Waals surface area (Å²) in [4.78, 5) is 4.73. The third-order valence-electron chi connectivity index (χ3n) is 2.11. The lowest BCUT2D eigenvalue weighted by Gasteiger charge is -2.07. The largest absolute Gasteiger partial charge is 0.389 e. The fourth-order valence-corrected chi connectivity index (χ4v) is 2.60. The number of nitrogens with two attached hydrogens (primary N) is 1. The van der Waals surface area contributed by atoms with Gasteiger partial charge in [0.05, 0.1) is 11.4 Å². The molecule has 0 aliphatic carbocycles. The Labute approximate surface area is 117 Å². The molecule has 0 aliphatic heterocycles. The molecule has 1 heterocycles. The number of aryl methyl sites for hydroxylation is 1. The van der Waals surface area contributed by atoms with Crippen molar-refractivity contribution >= 4 is 55.3 Å². The predicted octanol–water partition coefficient (Wildman–Crippen LogP) is 3.59. The number of thiazole rings is 1. The monoisotopic (exact) mass is 327 g/mol. The van der Waals surface area contributed by atoms with Crippen LogP contribution in [0.5, 0.6) is 0 Å². The highest BCUT2D eigenvalue weighted by molar-refractivity contribution is 9.10. The Morgan fingerprint density at radius 3 is 2.82 bits per heavy atom. The minimum atomic E-state index is 0.391. The second-order valence-electron chi connectivity index (χ2n) is 3.48. The van der Waals surface area contributed by atoms with Crippen molar-refractivity contribution in [2.45, 2.75) is 6.92 Å². The second kappa shape index (κ2) is 5.12. The van der Waals surface area contributed by atoms with Gasteiger partial charge in [-0.1, -0.05) is 12.2 Å². The van der Waals surface area contributed by atoms with Gasteiger partial charge in [-0.25, -0.2) is 4.98 Å². The molecule has 0 radical (unpaired) electrons. The number of hydrogen-bond donors (Lipinski definition) is 2. The number of thiocarbonyl (C=S) groups is 1. The van der Waals surface area contributed by atoms with Gasteiger partial charge in [-0.15, -0.1) is 11.3 Å². The topological polar surface area (TPSA) is 50.9 Å². The molecule has 0 atom stereocenters. The summed E-state index contributed by atoms with van der Waals surface area (Å²) >= 11 is 9.97. The van der Waals surface area contributed by atoms with Crippen molar-refractivity contribution in [3.63, 3.8) is 0 Å². The molecule has 1 aromatic carbocycles. The lowest BCUT2D eigenvalue weighted by molar-refractivity contribution is 1.26. The summed E-state index contributed by atoms with van der Waals surface area (Å²) in [6.45, 7) is 1.96. The van der Waals surface area contributed by atoms with Crippen LogP contribution in [0.15, 0.2) is 28.1 Å². The molecule has 17 heavy (non-hydrogen) atoms. The summed E-state index contributed by atoms with van der Waals surface area (Å²) in [6, 6.07) is 5.70. The minimum Gasteiger partial charge on any atom is -0.389 e. The van der Waals surface area contributed by atoms with Crippen LogP contribution in [-0.2, 0) is 0 Å². The van der Waals surface area contributed by atoms with Crippen LogP contribution in [0.1, 0.15) is 11.3 Å². The zero-order valence-corrected chi connectivity index (χ0v) is 12.2. The molecule has 0 spiro atoms. The normalized spacial score (nSPS) is 10.2. The highest BCUT2D eigenvalue weighted by Crippen LogP contribution is 2.28. The Balaban J connectivity index is 2.25. The minimum absolute atomic E-state index is 0.391. The zero-order chi connectivity index (χ0) is 12.4. The Morgan fingerprint density at radius 2 is 2.29 bits per heavy atom. The molecule has 0 aliphatic rings. The molecule has 3 nitrogen and oxygen atoms in total. The number of nitrogens with zero attached hydrogens (tertiary/aromatic N) is 1. The first kappa shape index (κ1) is 12.5. The molecule has 0 fully saturated rings. The molecule has 0 amide bonds. The Hall–Kier alpha value is -0.980. The molecule has 3 N–H and O–H groups in total. The second-order valence-corrected chi connectivity index (χ2v) is 5.63. The number of aromatic nitrogens is 1. The van der Waals surface area contributed by atoms with Gasteiger partial charge in [0.2, 0.25) is 0 Å². The Kier molecular flexibility index (Phi) is 3.76. The lowest BCUT2D eigenvalue weighted by atomic mass is 10.2.